The molecule has 0 aliphatic rings. The van der Waals surface area contributed by atoms with Crippen LogP contribution in [-0.4, -0.2) is 8.42 Å². The van der Waals surface area contributed by atoms with Gasteiger partial charge in [-0.2, -0.15) is 0 Å². The number of hydrogen-bond donors (Lipinski definition) is 3. The minimum absolute atomic E-state index is 0.0743. The molecular weight excluding hydrogens is 338 g/mol. The van der Waals surface area contributed by atoms with Gasteiger partial charge in [0, 0.05) is 17.1 Å². The van der Waals surface area contributed by atoms with Crippen molar-refractivity contribution in [1.82, 2.24) is 0 Å². The van der Waals surface area contributed by atoms with Gasteiger partial charge in [-0.1, -0.05) is 0 Å². The van der Waals surface area contributed by atoms with E-state index >= 15 is 0 Å². The SMILES string of the molecule is Nc1ccc(Oc2ccc(Nc3ccc(S(N)(=O)=O)cc3)cc2)cc1. The highest BCUT2D eigenvalue weighted by Crippen LogP contribution is 2.25. The molecule has 0 radical (unpaired) electrons. The van der Waals surface area contributed by atoms with Crippen LogP contribution < -0.4 is 20.9 Å². The fourth-order valence-electron chi connectivity index (χ4n) is 2.17. The second-order valence-corrected chi connectivity index (χ2v) is 6.95. The molecule has 3 aromatic carbocycles. The largest absolute Gasteiger partial charge is 0.457 e. The van der Waals surface area contributed by atoms with Crippen LogP contribution in [0.25, 0.3) is 0 Å². The molecule has 0 atom stereocenters. The molecule has 3 aromatic rings. The molecule has 25 heavy (non-hydrogen) atoms. The van der Waals surface area contributed by atoms with Crippen LogP contribution in [0.4, 0.5) is 17.1 Å². The molecular formula is C18H17N3O3S. The Morgan fingerprint density at radius 2 is 1.16 bits per heavy atom. The summed E-state index contributed by atoms with van der Waals surface area (Å²) in [6, 6.07) is 20.7. The molecule has 3 rings (SSSR count). The van der Waals surface area contributed by atoms with E-state index in [1.54, 1.807) is 36.4 Å². The highest BCUT2D eigenvalue weighted by Gasteiger charge is 2.06. The maximum absolute atomic E-state index is 11.2. The highest BCUT2D eigenvalue weighted by atomic mass is 32.2. The van der Waals surface area contributed by atoms with E-state index in [0.717, 1.165) is 11.4 Å². The lowest BCUT2D eigenvalue weighted by atomic mass is 10.2. The molecule has 0 unspecified atom stereocenters. The van der Waals surface area contributed by atoms with Crippen molar-refractivity contribution in [1.29, 1.82) is 0 Å². The van der Waals surface area contributed by atoms with E-state index in [9.17, 15) is 8.42 Å². The van der Waals surface area contributed by atoms with Gasteiger partial charge in [0.1, 0.15) is 11.5 Å². The third kappa shape index (κ3) is 4.50. The van der Waals surface area contributed by atoms with Crippen LogP contribution in [0.1, 0.15) is 0 Å². The maximum atomic E-state index is 11.2. The fourth-order valence-corrected chi connectivity index (χ4v) is 2.69. The number of ether oxygens (including phenoxy) is 1. The van der Waals surface area contributed by atoms with Gasteiger partial charge in [0.15, 0.2) is 0 Å². The Kier molecular flexibility index (Phi) is 4.60. The van der Waals surface area contributed by atoms with Crippen LogP contribution in [0.2, 0.25) is 0 Å². The van der Waals surface area contributed by atoms with E-state index < -0.39 is 10.0 Å². The zero-order chi connectivity index (χ0) is 17.9. The number of sulfonamides is 1. The fraction of sp³-hybridized carbons (Fsp3) is 0. The molecule has 0 fully saturated rings. The summed E-state index contributed by atoms with van der Waals surface area (Å²) in [7, 11) is -3.68. The van der Waals surface area contributed by atoms with Gasteiger partial charge in [-0.25, -0.2) is 13.6 Å². The molecule has 0 heterocycles. The second kappa shape index (κ2) is 6.84. The number of benzene rings is 3. The summed E-state index contributed by atoms with van der Waals surface area (Å²) in [5.74, 6) is 1.40. The average molecular weight is 355 g/mol. The van der Waals surface area contributed by atoms with Crippen LogP contribution in [0.15, 0.2) is 77.7 Å². The number of nitrogens with one attached hydrogen (secondary N) is 1. The monoisotopic (exact) mass is 355 g/mol. The Balaban J connectivity index is 1.67. The third-order valence-corrected chi connectivity index (χ3v) is 4.37. The standard InChI is InChI=1S/C18H17N3O3S/c19-13-1-7-16(8-2-13)24-17-9-3-14(4-10-17)21-15-5-11-18(12-6-15)25(20,22)23/h1-12,21H,19H2,(H2,20,22,23). The molecule has 0 aromatic heterocycles. The van der Waals surface area contributed by atoms with E-state index in [1.807, 2.05) is 24.3 Å². The lowest BCUT2D eigenvalue weighted by Gasteiger charge is -2.09. The predicted molar refractivity (Wildman–Crippen MR) is 98.5 cm³/mol. The first-order valence-electron chi connectivity index (χ1n) is 7.43. The minimum atomic E-state index is -3.68. The number of primary sulfonamides is 1. The molecule has 0 saturated carbocycles. The van der Waals surface area contributed by atoms with Crippen molar-refractivity contribution >= 4 is 27.1 Å². The Morgan fingerprint density at radius 3 is 1.64 bits per heavy atom. The van der Waals surface area contributed by atoms with E-state index in [-0.39, 0.29) is 4.90 Å². The number of nitrogen functional groups attached to an aromatic ring is 1. The molecule has 0 aliphatic carbocycles. The molecule has 0 saturated heterocycles. The zero-order valence-electron chi connectivity index (χ0n) is 13.2. The number of anilines is 3. The minimum Gasteiger partial charge on any atom is -0.457 e. The summed E-state index contributed by atoms with van der Waals surface area (Å²) in [6.45, 7) is 0. The van der Waals surface area contributed by atoms with Crippen LogP contribution >= 0.6 is 0 Å². The van der Waals surface area contributed by atoms with Crippen molar-refractivity contribution in [2.24, 2.45) is 5.14 Å². The smallest absolute Gasteiger partial charge is 0.238 e. The number of nitrogens with two attached hydrogens (primary N) is 2. The average Bonchev–Trinajstić information content (AvgIpc) is 2.58. The number of rotatable bonds is 5. The highest BCUT2D eigenvalue weighted by molar-refractivity contribution is 7.89. The molecule has 0 spiro atoms. The van der Waals surface area contributed by atoms with Gasteiger partial charge in [-0.15, -0.1) is 0 Å². The van der Waals surface area contributed by atoms with Crippen LogP contribution in [-0.2, 0) is 10.0 Å². The van der Waals surface area contributed by atoms with E-state index in [1.165, 1.54) is 12.1 Å². The van der Waals surface area contributed by atoms with Crippen molar-refractivity contribution < 1.29 is 13.2 Å². The first kappa shape index (κ1) is 16.8. The van der Waals surface area contributed by atoms with Crippen LogP contribution in [0.3, 0.4) is 0 Å². The molecule has 0 aliphatic heterocycles. The molecule has 0 amide bonds. The van der Waals surface area contributed by atoms with E-state index in [2.05, 4.69) is 5.32 Å². The molecule has 6 nitrogen and oxygen atoms in total. The van der Waals surface area contributed by atoms with E-state index in [0.29, 0.717) is 17.2 Å². The number of hydrogen-bond acceptors (Lipinski definition) is 5. The van der Waals surface area contributed by atoms with Crippen molar-refractivity contribution in [3.8, 4) is 11.5 Å². The Morgan fingerprint density at radius 1 is 0.720 bits per heavy atom. The zero-order valence-corrected chi connectivity index (χ0v) is 14.0. The van der Waals surface area contributed by atoms with E-state index in [4.69, 9.17) is 15.6 Å². The maximum Gasteiger partial charge on any atom is 0.238 e. The van der Waals surface area contributed by atoms with Gasteiger partial charge < -0.3 is 15.8 Å². The van der Waals surface area contributed by atoms with Crippen LogP contribution in [0, 0.1) is 0 Å². The Bertz CT molecular complexity index is 952. The van der Waals surface area contributed by atoms with Crippen LogP contribution in [0.5, 0.6) is 11.5 Å². The van der Waals surface area contributed by atoms with Gasteiger partial charge in [0.25, 0.3) is 0 Å². The summed E-state index contributed by atoms with van der Waals surface area (Å²) in [5.41, 5.74) is 7.91. The predicted octanol–water partition coefficient (Wildman–Crippen LogP) is 3.45. The second-order valence-electron chi connectivity index (χ2n) is 5.39. The molecule has 5 N–H and O–H groups in total. The third-order valence-electron chi connectivity index (χ3n) is 3.44. The lowest BCUT2D eigenvalue weighted by molar-refractivity contribution is 0.483. The summed E-state index contributed by atoms with van der Waals surface area (Å²) < 4.78 is 28.2. The lowest BCUT2D eigenvalue weighted by Crippen LogP contribution is -2.11. The van der Waals surface area contributed by atoms with Crippen molar-refractivity contribution in [2.75, 3.05) is 11.1 Å². The summed E-state index contributed by atoms with van der Waals surface area (Å²) in [5, 5.41) is 8.25. The first-order chi connectivity index (χ1) is 11.9. The van der Waals surface area contributed by atoms with Gasteiger partial charge in [0.05, 0.1) is 4.90 Å². The topological polar surface area (TPSA) is 107 Å². The summed E-state index contributed by atoms with van der Waals surface area (Å²) in [6.07, 6.45) is 0. The quantitative estimate of drug-likeness (QED) is 0.608. The normalized spacial score (nSPS) is 11.1. The van der Waals surface area contributed by atoms with Gasteiger partial charge in [-0.3, -0.25) is 0 Å². The van der Waals surface area contributed by atoms with Gasteiger partial charge in [0.2, 0.25) is 10.0 Å². The molecule has 7 heteroatoms. The van der Waals surface area contributed by atoms with Gasteiger partial charge >= 0.3 is 0 Å². The Hall–Kier alpha value is -3.03. The van der Waals surface area contributed by atoms with Crippen molar-refractivity contribution in [2.45, 2.75) is 4.90 Å². The molecule has 0 bridgehead atoms. The summed E-state index contributed by atoms with van der Waals surface area (Å²) in [4.78, 5) is 0.0743. The molecule has 128 valence electrons. The Labute approximate surface area is 146 Å². The van der Waals surface area contributed by atoms with Crippen molar-refractivity contribution in [3.05, 3.63) is 72.8 Å². The van der Waals surface area contributed by atoms with Crippen molar-refractivity contribution in [3.63, 3.8) is 0 Å². The van der Waals surface area contributed by atoms with Gasteiger partial charge in [-0.05, 0) is 72.8 Å². The summed E-state index contributed by atoms with van der Waals surface area (Å²) >= 11 is 0. The first-order valence-corrected chi connectivity index (χ1v) is 8.98.